The summed E-state index contributed by atoms with van der Waals surface area (Å²) in [6, 6.07) is 0. The van der Waals surface area contributed by atoms with Crippen LogP contribution in [0.5, 0.6) is 0 Å². The van der Waals surface area contributed by atoms with Gasteiger partial charge in [0.25, 0.3) is 10.2 Å². The van der Waals surface area contributed by atoms with Crippen molar-refractivity contribution in [3.05, 3.63) is 0 Å². The molecule has 0 aromatic rings. The van der Waals surface area contributed by atoms with E-state index in [1.165, 1.54) is 11.4 Å². The van der Waals surface area contributed by atoms with Crippen molar-refractivity contribution in [3.63, 3.8) is 0 Å². The summed E-state index contributed by atoms with van der Waals surface area (Å²) >= 11 is 0. The quantitative estimate of drug-likeness (QED) is 0.795. The Morgan fingerprint density at radius 1 is 1.14 bits per heavy atom. The van der Waals surface area contributed by atoms with E-state index in [0.29, 0.717) is 19.0 Å². The SMILES string of the molecule is CN(CCC(F)(F)F)S(=O)(=O)N1CCC(C(C)(C)C)CC1. The fourth-order valence-corrected chi connectivity index (χ4v) is 3.94. The number of alkyl halides is 3. The van der Waals surface area contributed by atoms with Gasteiger partial charge in [-0.25, -0.2) is 0 Å². The molecule has 126 valence electrons. The molecule has 0 unspecified atom stereocenters. The third-order valence-electron chi connectivity index (χ3n) is 4.11. The largest absolute Gasteiger partial charge is 0.390 e. The summed E-state index contributed by atoms with van der Waals surface area (Å²) in [5.41, 5.74) is 0.123. The zero-order valence-corrected chi connectivity index (χ0v) is 13.9. The van der Waals surface area contributed by atoms with E-state index in [9.17, 15) is 21.6 Å². The highest BCUT2D eigenvalue weighted by Gasteiger charge is 2.36. The molecule has 0 saturated carbocycles. The van der Waals surface area contributed by atoms with Gasteiger partial charge in [-0.3, -0.25) is 0 Å². The van der Waals surface area contributed by atoms with Gasteiger partial charge in [-0.15, -0.1) is 0 Å². The molecule has 8 heteroatoms. The van der Waals surface area contributed by atoms with Crippen molar-refractivity contribution in [2.75, 3.05) is 26.7 Å². The first-order valence-electron chi connectivity index (χ1n) is 7.12. The minimum atomic E-state index is -4.34. The molecule has 1 rings (SSSR count). The van der Waals surface area contributed by atoms with Gasteiger partial charge in [0, 0.05) is 26.7 Å². The maximum atomic E-state index is 12.2. The summed E-state index contributed by atoms with van der Waals surface area (Å²) < 4.78 is 63.2. The van der Waals surface area contributed by atoms with Crippen molar-refractivity contribution in [1.29, 1.82) is 0 Å². The normalized spacial score (nSPS) is 20.2. The fourth-order valence-electron chi connectivity index (χ4n) is 2.55. The Bertz CT molecular complexity index is 435. The van der Waals surface area contributed by atoms with Crippen LogP contribution in [-0.4, -0.2) is 49.9 Å². The van der Waals surface area contributed by atoms with Gasteiger partial charge in [-0.2, -0.15) is 30.2 Å². The van der Waals surface area contributed by atoms with Crippen LogP contribution >= 0.6 is 0 Å². The molecule has 0 atom stereocenters. The van der Waals surface area contributed by atoms with Crippen molar-refractivity contribution in [1.82, 2.24) is 8.61 Å². The predicted octanol–water partition coefficient (Wildman–Crippen LogP) is 2.87. The first-order valence-corrected chi connectivity index (χ1v) is 8.52. The molecule has 1 heterocycles. The van der Waals surface area contributed by atoms with Crippen LogP contribution in [0.1, 0.15) is 40.0 Å². The van der Waals surface area contributed by atoms with E-state index in [0.717, 1.165) is 17.1 Å². The lowest BCUT2D eigenvalue weighted by atomic mass is 9.76. The molecular weight excluding hydrogens is 305 g/mol. The molecule has 4 nitrogen and oxygen atoms in total. The zero-order chi connectivity index (χ0) is 16.5. The molecule has 0 radical (unpaired) electrons. The maximum absolute atomic E-state index is 12.2. The third-order valence-corrected chi connectivity index (χ3v) is 6.10. The summed E-state index contributed by atoms with van der Waals surface area (Å²) in [5, 5.41) is 0. The molecule has 21 heavy (non-hydrogen) atoms. The molecule has 0 aliphatic carbocycles. The van der Waals surface area contributed by atoms with Crippen LogP contribution in [0.2, 0.25) is 0 Å². The van der Waals surface area contributed by atoms with E-state index in [1.54, 1.807) is 0 Å². The van der Waals surface area contributed by atoms with Crippen molar-refractivity contribution in [3.8, 4) is 0 Å². The molecule has 0 amide bonds. The van der Waals surface area contributed by atoms with E-state index >= 15 is 0 Å². The second-order valence-corrected chi connectivity index (χ2v) is 8.77. The molecule has 1 fully saturated rings. The lowest BCUT2D eigenvalue weighted by molar-refractivity contribution is -0.135. The predicted molar refractivity (Wildman–Crippen MR) is 76.0 cm³/mol. The minimum absolute atomic E-state index is 0.123. The van der Waals surface area contributed by atoms with Crippen LogP contribution in [0.15, 0.2) is 0 Å². The van der Waals surface area contributed by atoms with Gasteiger partial charge in [-0.05, 0) is 24.2 Å². The maximum Gasteiger partial charge on any atom is 0.390 e. The van der Waals surface area contributed by atoms with Gasteiger partial charge < -0.3 is 0 Å². The molecule has 0 bridgehead atoms. The molecule has 0 spiro atoms. The highest BCUT2D eigenvalue weighted by molar-refractivity contribution is 7.86. The Morgan fingerprint density at radius 2 is 1.62 bits per heavy atom. The van der Waals surface area contributed by atoms with E-state index in [2.05, 4.69) is 20.8 Å². The standard InChI is InChI=1S/C13H25F3N2O2S/c1-12(2,3)11-5-8-18(9-6-11)21(19,20)17(4)10-7-13(14,15)16/h11H,5-10H2,1-4H3. The lowest BCUT2D eigenvalue weighted by Crippen LogP contribution is -2.47. The molecule has 1 saturated heterocycles. The van der Waals surface area contributed by atoms with Crippen molar-refractivity contribution >= 4 is 10.2 Å². The summed E-state index contributed by atoms with van der Waals surface area (Å²) in [6.45, 7) is 6.58. The Labute approximate surface area is 125 Å². The minimum Gasteiger partial charge on any atom is -0.195 e. The van der Waals surface area contributed by atoms with Gasteiger partial charge in [0.05, 0.1) is 6.42 Å². The van der Waals surface area contributed by atoms with E-state index in [1.807, 2.05) is 0 Å². The summed E-state index contributed by atoms with van der Waals surface area (Å²) in [6.07, 6.45) is -3.98. The molecular formula is C13H25F3N2O2S. The number of piperidine rings is 1. The number of hydrogen-bond acceptors (Lipinski definition) is 2. The summed E-state index contributed by atoms with van der Waals surface area (Å²) in [7, 11) is -2.58. The highest BCUT2D eigenvalue weighted by atomic mass is 32.2. The van der Waals surface area contributed by atoms with E-state index in [-0.39, 0.29) is 5.41 Å². The van der Waals surface area contributed by atoms with Crippen LogP contribution in [-0.2, 0) is 10.2 Å². The first-order chi connectivity index (χ1) is 9.34. The van der Waals surface area contributed by atoms with E-state index in [4.69, 9.17) is 0 Å². The second-order valence-electron chi connectivity index (χ2n) is 6.73. The first kappa shape index (κ1) is 18.7. The smallest absolute Gasteiger partial charge is 0.195 e. The number of nitrogens with zero attached hydrogens (tertiary/aromatic N) is 2. The van der Waals surface area contributed by atoms with Crippen LogP contribution in [0.25, 0.3) is 0 Å². The van der Waals surface area contributed by atoms with Crippen molar-refractivity contribution in [2.24, 2.45) is 11.3 Å². The molecule has 1 aliphatic rings. The van der Waals surface area contributed by atoms with Crippen molar-refractivity contribution < 1.29 is 21.6 Å². The van der Waals surface area contributed by atoms with Crippen LogP contribution in [0, 0.1) is 11.3 Å². The van der Waals surface area contributed by atoms with Gasteiger partial charge in [0.15, 0.2) is 0 Å². The third kappa shape index (κ3) is 5.41. The highest BCUT2D eigenvalue weighted by Crippen LogP contribution is 2.35. The zero-order valence-electron chi connectivity index (χ0n) is 13.1. The number of hydrogen-bond donors (Lipinski definition) is 0. The average Bonchev–Trinajstić information content (AvgIpc) is 2.34. The second kappa shape index (κ2) is 6.42. The van der Waals surface area contributed by atoms with Gasteiger partial charge in [0.2, 0.25) is 0 Å². The van der Waals surface area contributed by atoms with E-state index < -0.39 is 29.4 Å². The summed E-state index contributed by atoms with van der Waals surface area (Å²) in [4.78, 5) is 0. The van der Waals surface area contributed by atoms with Crippen LogP contribution in [0.4, 0.5) is 13.2 Å². The molecule has 0 N–H and O–H groups in total. The molecule has 1 aliphatic heterocycles. The Kier molecular flexibility index (Phi) is 5.72. The molecule has 0 aromatic carbocycles. The lowest BCUT2D eigenvalue weighted by Gasteiger charge is -2.39. The Balaban J connectivity index is 2.60. The Morgan fingerprint density at radius 3 is 2.00 bits per heavy atom. The van der Waals surface area contributed by atoms with Crippen LogP contribution in [0.3, 0.4) is 0 Å². The van der Waals surface area contributed by atoms with Crippen LogP contribution < -0.4 is 0 Å². The van der Waals surface area contributed by atoms with Gasteiger partial charge in [-0.1, -0.05) is 20.8 Å². The Hall–Kier alpha value is -0.340. The number of rotatable bonds is 4. The van der Waals surface area contributed by atoms with Gasteiger partial charge >= 0.3 is 6.18 Å². The monoisotopic (exact) mass is 330 g/mol. The van der Waals surface area contributed by atoms with Crippen molar-refractivity contribution in [2.45, 2.75) is 46.2 Å². The fraction of sp³-hybridized carbons (Fsp3) is 1.00. The van der Waals surface area contributed by atoms with Gasteiger partial charge in [0.1, 0.15) is 0 Å². The molecule has 0 aromatic heterocycles. The summed E-state index contributed by atoms with van der Waals surface area (Å²) in [5.74, 6) is 0.435. The average molecular weight is 330 g/mol. The topological polar surface area (TPSA) is 40.6 Å². The number of halogens is 3.